The van der Waals surface area contributed by atoms with Crippen LogP contribution in [0.5, 0.6) is 0 Å². The number of carbonyl (C=O) groups is 1. The highest BCUT2D eigenvalue weighted by atomic mass is 35.5. The number of halogens is 2. The van der Waals surface area contributed by atoms with Gasteiger partial charge in [-0.3, -0.25) is 4.79 Å². The maximum absolute atomic E-state index is 12.1. The van der Waals surface area contributed by atoms with Crippen LogP contribution in [-0.4, -0.2) is 15.9 Å². The third kappa shape index (κ3) is 4.54. The van der Waals surface area contributed by atoms with Gasteiger partial charge in [-0.05, 0) is 23.3 Å². The third-order valence-corrected chi connectivity index (χ3v) is 4.78. The number of hydrogen-bond donors (Lipinski definition) is 1. The Bertz CT molecular complexity index is 849. The first-order valence-corrected chi connectivity index (χ1v) is 8.76. The van der Waals surface area contributed by atoms with Gasteiger partial charge in [-0.25, -0.2) is 9.97 Å². The minimum Gasteiger partial charge on any atom is -0.302 e. The Hall–Kier alpha value is -1.95. The van der Waals surface area contributed by atoms with E-state index in [1.165, 1.54) is 11.3 Å². The molecule has 24 heavy (non-hydrogen) atoms. The molecular formula is C17H13Cl2N3OS. The summed E-state index contributed by atoms with van der Waals surface area (Å²) in [6.45, 7) is 0. The van der Waals surface area contributed by atoms with Crippen molar-refractivity contribution in [2.24, 2.45) is 0 Å². The number of anilines is 1. The number of rotatable bonds is 5. The molecule has 3 aromatic rings. The van der Waals surface area contributed by atoms with Gasteiger partial charge in [0, 0.05) is 28.7 Å². The lowest BCUT2D eigenvalue weighted by molar-refractivity contribution is -0.115. The fourth-order valence-corrected chi connectivity index (χ4v) is 3.30. The molecule has 0 unspecified atom stereocenters. The smallest absolute Gasteiger partial charge is 0.230 e. The monoisotopic (exact) mass is 377 g/mol. The summed E-state index contributed by atoms with van der Waals surface area (Å²) in [7, 11) is 0. The van der Waals surface area contributed by atoms with Gasteiger partial charge in [0.25, 0.3) is 0 Å². The van der Waals surface area contributed by atoms with Crippen molar-refractivity contribution in [3.63, 3.8) is 0 Å². The fraction of sp³-hybridized carbons (Fsp3) is 0.118. The minimum atomic E-state index is -0.141. The third-order valence-electron chi connectivity index (χ3n) is 3.28. The fourth-order valence-electron chi connectivity index (χ4n) is 2.14. The average Bonchev–Trinajstić information content (AvgIpc) is 2.99. The summed E-state index contributed by atoms with van der Waals surface area (Å²) < 4.78 is 0. The first-order valence-electron chi connectivity index (χ1n) is 7.18. The number of carbonyl (C=O) groups excluding carboxylic acids is 1. The normalized spacial score (nSPS) is 10.6. The molecule has 0 saturated carbocycles. The summed E-state index contributed by atoms with van der Waals surface area (Å²) in [6.07, 6.45) is 4.26. The molecule has 0 saturated heterocycles. The van der Waals surface area contributed by atoms with E-state index in [9.17, 15) is 4.79 Å². The summed E-state index contributed by atoms with van der Waals surface area (Å²) in [5.41, 5.74) is 1.83. The van der Waals surface area contributed by atoms with Crippen molar-refractivity contribution in [2.45, 2.75) is 12.8 Å². The van der Waals surface area contributed by atoms with Gasteiger partial charge in [-0.2, -0.15) is 0 Å². The van der Waals surface area contributed by atoms with Gasteiger partial charge >= 0.3 is 0 Å². The number of benzene rings is 1. The lowest BCUT2D eigenvalue weighted by Crippen LogP contribution is -2.14. The lowest BCUT2D eigenvalue weighted by Gasteiger charge is -2.02. The standard InChI is InChI=1S/C17H13Cl2N3OS/c18-14-4-2-1-3-12(14)8-13-10-21-17(24-13)22-16(23)7-11-5-6-15(19)20-9-11/h1-6,9-10H,7-8H2,(H,21,22,23). The Morgan fingerprint density at radius 1 is 1.08 bits per heavy atom. The van der Waals surface area contributed by atoms with Crippen molar-refractivity contribution in [2.75, 3.05) is 5.32 Å². The van der Waals surface area contributed by atoms with Crippen molar-refractivity contribution >= 4 is 45.6 Å². The van der Waals surface area contributed by atoms with Gasteiger partial charge in [0.15, 0.2) is 5.13 Å². The van der Waals surface area contributed by atoms with Crippen LogP contribution in [0.3, 0.4) is 0 Å². The molecule has 0 spiro atoms. The van der Waals surface area contributed by atoms with Gasteiger partial charge in [0.05, 0.1) is 6.42 Å². The molecular weight excluding hydrogens is 365 g/mol. The first kappa shape index (κ1) is 16.9. The number of pyridine rings is 1. The molecule has 122 valence electrons. The van der Waals surface area contributed by atoms with Crippen molar-refractivity contribution in [1.82, 2.24) is 9.97 Å². The first-order chi connectivity index (χ1) is 11.6. The molecule has 1 amide bonds. The van der Waals surface area contributed by atoms with Gasteiger partial charge in [0.1, 0.15) is 5.15 Å². The van der Waals surface area contributed by atoms with E-state index >= 15 is 0 Å². The van der Waals surface area contributed by atoms with Gasteiger partial charge in [-0.1, -0.05) is 47.5 Å². The molecule has 0 fully saturated rings. The Morgan fingerprint density at radius 3 is 2.67 bits per heavy atom. The molecule has 0 aliphatic heterocycles. The number of aromatic nitrogens is 2. The SMILES string of the molecule is O=C(Cc1ccc(Cl)nc1)Nc1ncc(Cc2ccccc2Cl)s1. The van der Waals surface area contributed by atoms with Crippen LogP contribution in [0, 0.1) is 0 Å². The van der Waals surface area contributed by atoms with E-state index in [1.807, 2.05) is 24.3 Å². The second-order valence-electron chi connectivity index (χ2n) is 5.11. The Labute approximate surface area is 153 Å². The molecule has 0 aliphatic rings. The summed E-state index contributed by atoms with van der Waals surface area (Å²) >= 11 is 13.3. The van der Waals surface area contributed by atoms with Crippen LogP contribution in [0.25, 0.3) is 0 Å². The molecule has 0 bridgehead atoms. The summed E-state index contributed by atoms with van der Waals surface area (Å²) in [4.78, 5) is 21.3. The number of nitrogens with zero attached hydrogens (tertiary/aromatic N) is 2. The molecule has 0 radical (unpaired) electrons. The molecule has 1 N–H and O–H groups in total. The minimum absolute atomic E-state index is 0.141. The van der Waals surface area contributed by atoms with E-state index in [-0.39, 0.29) is 12.3 Å². The Morgan fingerprint density at radius 2 is 1.92 bits per heavy atom. The van der Waals surface area contributed by atoms with Crippen molar-refractivity contribution in [3.8, 4) is 0 Å². The van der Waals surface area contributed by atoms with Crippen LogP contribution in [0.1, 0.15) is 16.0 Å². The van der Waals surface area contributed by atoms with Crippen molar-refractivity contribution in [1.29, 1.82) is 0 Å². The van der Waals surface area contributed by atoms with Crippen LogP contribution in [0.2, 0.25) is 10.2 Å². The molecule has 4 nitrogen and oxygen atoms in total. The Balaban J connectivity index is 1.60. The molecule has 7 heteroatoms. The van der Waals surface area contributed by atoms with Crippen LogP contribution in [0.4, 0.5) is 5.13 Å². The second kappa shape index (κ2) is 7.75. The van der Waals surface area contributed by atoms with E-state index in [4.69, 9.17) is 23.2 Å². The number of hydrogen-bond acceptors (Lipinski definition) is 4. The summed E-state index contributed by atoms with van der Waals surface area (Å²) in [5.74, 6) is -0.141. The van der Waals surface area contributed by atoms with Gasteiger partial charge in [0.2, 0.25) is 5.91 Å². The molecule has 2 heterocycles. The molecule has 2 aromatic heterocycles. The van der Waals surface area contributed by atoms with Gasteiger partial charge in [-0.15, -0.1) is 11.3 Å². The molecule has 0 aliphatic carbocycles. The predicted molar refractivity (Wildman–Crippen MR) is 98.0 cm³/mol. The summed E-state index contributed by atoms with van der Waals surface area (Å²) in [5, 5.41) is 4.51. The average molecular weight is 378 g/mol. The number of nitrogens with one attached hydrogen (secondary N) is 1. The van der Waals surface area contributed by atoms with E-state index in [2.05, 4.69) is 15.3 Å². The van der Waals surface area contributed by atoms with E-state index in [0.29, 0.717) is 16.7 Å². The molecule has 3 rings (SSSR count). The highest BCUT2D eigenvalue weighted by molar-refractivity contribution is 7.15. The zero-order chi connectivity index (χ0) is 16.9. The van der Waals surface area contributed by atoms with Gasteiger partial charge < -0.3 is 5.32 Å². The maximum atomic E-state index is 12.1. The van der Waals surface area contributed by atoms with Crippen LogP contribution in [-0.2, 0) is 17.6 Å². The number of amides is 1. The largest absolute Gasteiger partial charge is 0.302 e. The summed E-state index contributed by atoms with van der Waals surface area (Å²) in [6, 6.07) is 11.1. The predicted octanol–water partition coefficient (Wildman–Crippen LogP) is 4.62. The highest BCUT2D eigenvalue weighted by Gasteiger charge is 2.09. The number of thiazole rings is 1. The second-order valence-corrected chi connectivity index (χ2v) is 7.02. The van der Waals surface area contributed by atoms with Crippen LogP contribution < -0.4 is 5.32 Å². The van der Waals surface area contributed by atoms with Crippen LogP contribution >= 0.6 is 34.5 Å². The quantitative estimate of drug-likeness (QED) is 0.660. The van der Waals surface area contributed by atoms with E-state index in [1.54, 1.807) is 24.5 Å². The zero-order valence-corrected chi connectivity index (χ0v) is 14.8. The van der Waals surface area contributed by atoms with Crippen molar-refractivity contribution in [3.05, 3.63) is 75.0 Å². The molecule has 0 atom stereocenters. The Kier molecular flexibility index (Phi) is 5.45. The van der Waals surface area contributed by atoms with E-state index < -0.39 is 0 Å². The highest BCUT2D eigenvalue weighted by Crippen LogP contribution is 2.24. The lowest BCUT2D eigenvalue weighted by atomic mass is 10.1. The van der Waals surface area contributed by atoms with Crippen molar-refractivity contribution < 1.29 is 4.79 Å². The maximum Gasteiger partial charge on any atom is 0.230 e. The van der Waals surface area contributed by atoms with E-state index in [0.717, 1.165) is 21.0 Å². The zero-order valence-electron chi connectivity index (χ0n) is 12.5. The topological polar surface area (TPSA) is 54.9 Å². The van der Waals surface area contributed by atoms with Crippen LogP contribution in [0.15, 0.2) is 48.8 Å². The molecule has 1 aromatic carbocycles.